The van der Waals surface area contributed by atoms with Gasteiger partial charge in [0, 0.05) is 0 Å². The third-order valence-electron chi connectivity index (χ3n) is 1.62. The second kappa shape index (κ2) is 12.3. The molecule has 0 heterocycles. The molecule has 0 aromatic heterocycles. The molecule has 0 aliphatic carbocycles. The van der Waals surface area contributed by atoms with E-state index < -0.39 is 57.4 Å². The van der Waals surface area contributed by atoms with Crippen LogP contribution in [0, 0.1) is 0 Å². The van der Waals surface area contributed by atoms with Crippen molar-refractivity contribution in [2.45, 2.75) is 37.2 Å². The molecule has 0 spiro atoms. The third-order valence-corrected chi connectivity index (χ3v) is 1.62. The number of hydrogen-bond donors (Lipinski definition) is 0. The lowest BCUT2D eigenvalue weighted by Gasteiger charge is -2.14. The minimum absolute atomic E-state index is 0.209. The van der Waals surface area contributed by atoms with Gasteiger partial charge in [-0.15, -0.1) is 13.2 Å². The molecule has 26 heavy (non-hydrogen) atoms. The Morgan fingerprint density at radius 2 is 1.15 bits per heavy atom. The summed E-state index contributed by atoms with van der Waals surface area (Å²) in [6, 6.07) is 0. The first-order valence-electron chi connectivity index (χ1n) is 5.89. The fourth-order valence-electron chi connectivity index (χ4n) is 0.406. The maximum absolute atomic E-state index is 11.2. The van der Waals surface area contributed by atoms with Gasteiger partial charge in [0.2, 0.25) is 6.17 Å². The van der Waals surface area contributed by atoms with Crippen LogP contribution in [0.2, 0.25) is 0 Å². The van der Waals surface area contributed by atoms with Crippen LogP contribution >= 0.6 is 0 Å². The summed E-state index contributed by atoms with van der Waals surface area (Å²) in [7, 11) is 0. The van der Waals surface area contributed by atoms with E-state index >= 15 is 0 Å². The zero-order valence-corrected chi connectivity index (χ0v) is 12.2. The Labute approximate surface area is 136 Å². The Hall–Kier alpha value is -1.09. The van der Waals surface area contributed by atoms with E-state index in [1.165, 1.54) is 0 Å². The van der Waals surface area contributed by atoms with Crippen molar-refractivity contribution in [3.63, 3.8) is 0 Å². The topological polar surface area (TPSA) is 9.23 Å². The van der Waals surface area contributed by atoms with Crippen LogP contribution in [0.5, 0.6) is 0 Å². The number of halogens is 15. The van der Waals surface area contributed by atoms with Crippen molar-refractivity contribution in [1.82, 2.24) is 0 Å². The monoisotopic (exact) mass is 432 g/mol. The fraction of sp³-hybridized carbons (Fsp3) is 1.00. The number of alkyl halides is 15. The molecule has 0 bridgehead atoms. The van der Waals surface area contributed by atoms with Crippen LogP contribution in [-0.4, -0.2) is 57.4 Å². The average Bonchev–Trinajstić information content (AvgIpc) is 2.44. The molecule has 0 aromatic carbocycles. The van der Waals surface area contributed by atoms with E-state index in [1.54, 1.807) is 0 Å². The highest BCUT2D eigenvalue weighted by molar-refractivity contribution is 4.73. The first-order chi connectivity index (χ1) is 11.4. The smallest absolute Gasteiger partial charge is 0.292 e. The molecule has 1 unspecified atom stereocenters. The van der Waals surface area contributed by atoms with Crippen molar-refractivity contribution in [3.8, 4) is 0 Å². The average molecular weight is 432 g/mol. The molecule has 0 fully saturated rings. The van der Waals surface area contributed by atoms with Crippen LogP contribution in [0.1, 0.15) is 6.42 Å². The SMILES string of the molecule is FCC(F)(F)C(F)(F)F.FCC(F)C(F)(F)F.FCCCOC(F)(F)F. The van der Waals surface area contributed by atoms with Crippen molar-refractivity contribution >= 4 is 0 Å². The van der Waals surface area contributed by atoms with E-state index in [1.807, 2.05) is 0 Å². The van der Waals surface area contributed by atoms with Gasteiger partial charge in [-0.3, -0.25) is 9.13 Å². The maximum atomic E-state index is 11.2. The quantitative estimate of drug-likeness (QED) is 0.389. The summed E-state index contributed by atoms with van der Waals surface area (Å²) < 4.78 is 168. The van der Waals surface area contributed by atoms with Crippen molar-refractivity contribution in [1.29, 1.82) is 0 Å². The number of rotatable bonds is 5. The van der Waals surface area contributed by atoms with E-state index in [-0.39, 0.29) is 6.42 Å². The highest BCUT2D eigenvalue weighted by Gasteiger charge is 2.57. The molecule has 0 aliphatic rings. The highest BCUT2D eigenvalue weighted by Crippen LogP contribution is 2.35. The summed E-state index contributed by atoms with van der Waals surface area (Å²) >= 11 is 0. The van der Waals surface area contributed by atoms with E-state index in [0.717, 1.165) is 0 Å². The van der Waals surface area contributed by atoms with Gasteiger partial charge in [-0.05, 0) is 6.42 Å². The summed E-state index contributed by atoms with van der Waals surface area (Å²) in [6.07, 6.45) is -18.9. The van der Waals surface area contributed by atoms with Crippen molar-refractivity contribution in [2.24, 2.45) is 0 Å². The van der Waals surface area contributed by atoms with E-state index in [4.69, 9.17) is 0 Å². The molecule has 0 saturated heterocycles. The standard InChI is InChI=1S/C4H6F4O.C3H2F6.C3H3F5/c5-2-1-3-9-4(6,7)8;4-1-2(5,6)3(7,8)9;4-1-2(5)3(6,7)8/h1-3H2;1H2;2H,1H2. The lowest BCUT2D eigenvalue weighted by atomic mass is 10.4. The Bertz CT molecular complexity index is 331. The minimum Gasteiger partial charge on any atom is -0.292 e. The van der Waals surface area contributed by atoms with Crippen LogP contribution in [-0.2, 0) is 4.74 Å². The summed E-state index contributed by atoms with van der Waals surface area (Å²) in [5.41, 5.74) is 0. The molecule has 16 heteroatoms. The number of hydrogen-bond acceptors (Lipinski definition) is 1. The number of ether oxygens (including phenoxy) is 1. The Morgan fingerprint density at radius 3 is 1.27 bits per heavy atom. The first-order valence-corrected chi connectivity index (χ1v) is 5.89. The first kappa shape index (κ1) is 29.7. The van der Waals surface area contributed by atoms with Gasteiger partial charge >= 0.3 is 24.6 Å². The third kappa shape index (κ3) is 17.7. The molecule has 162 valence electrons. The Balaban J connectivity index is -0.000000306. The lowest BCUT2D eigenvalue weighted by Crippen LogP contribution is -2.38. The van der Waals surface area contributed by atoms with Gasteiger partial charge in [-0.1, -0.05) is 0 Å². The van der Waals surface area contributed by atoms with Crippen LogP contribution in [0.25, 0.3) is 0 Å². The summed E-state index contributed by atoms with van der Waals surface area (Å²) in [6.45, 7) is -6.07. The predicted molar refractivity (Wildman–Crippen MR) is 56.5 cm³/mol. The van der Waals surface area contributed by atoms with Gasteiger partial charge in [-0.25, -0.2) is 13.2 Å². The Kier molecular flexibility index (Phi) is 14.1. The van der Waals surface area contributed by atoms with Crippen molar-refractivity contribution < 1.29 is 70.6 Å². The molecule has 0 N–H and O–H groups in total. The molecule has 1 atom stereocenters. The zero-order chi connectivity index (χ0) is 21.8. The van der Waals surface area contributed by atoms with Gasteiger partial charge < -0.3 is 0 Å². The summed E-state index contributed by atoms with van der Waals surface area (Å²) in [5, 5.41) is 0. The predicted octanol–water partition coefficient (Wildman–Crippen LogP) is 5.89. The highest BCUT2D eigenvalue weighted by atomic mass is 19.4. The summed E-state index contributed by atoms with van der Waals surface area (Å²) in [4.78, 5) is 0. The second-order valence-corrected chi connectivity index (χ2v) is 3.84. The normalized spacial score (nSPS) is 14.0. The molecule has 0 aromatic rings. The van der Waals surface area contributed by atoms with Crippen LogP contribution < -0.4 is 0 Å². The Morgan fingerprint density at radius 1 is 0.731 bits per heavy atom. The molecule has 0 amide bonds. The van der Waals surface area contributed by atoms with E-state index in [9.17, 15) is 65.9 Å². The molecule has 1 nitrogen and oxygen atoms in total. The fourth-order valence-corrected chi connectivity index (χ4v) is 0.406. The summed E-state index contributed by atoms with van der Waals surface area (Å²) in [5.74, 6) is -5.19. The van der Waals surface area contributed by atoms with Gasteiger partial charge in [0.1, 0.15) is 6.67 Å². The van der Waals surface area contributed by atoms with Crippen LogP contribution in [0.4, 0.5) is 65.9 Å². The maximum Gasteiger partial charge on any atom is 0.522 e. The van der Waals surface area contributed by atoms with E-state index in [2.05, 4.69) is 4.74 Å². The minimum atomic E-state index is -5.76. The van der Waals surface area contributed by atoms with E-state index in [0.29, 0.717) is 0 Å². The van der Waals surface area contributed by atoms with Crippen molar-refractivity contribution in [3.05, 3.63) is 0 Å². The molecule has 0 aliphatic heterocycles. The molecular weight excluding hydrogens is 421 g/mol. The largest absolute Gasteiger partial charge is 0.522 e. The van der Waals surface area contributed by atoms with Gasteiger partial charge in [0.05, 0.1) is 13.3 Å². The van der Waals surface area contributed by atoms with Gasteiger partial charge in [0.15, 0.2) is 6.67 Å². The van der Waals surface area contributed by atoms with Crippen LogP contribution in [0.15, 0.2) is 0 Å². The molecule has 0 rings (SSSR count). The van der Waals surface area contributed by atoms with Crippen molar-refractivity contribution in [2.75, 3.05) is 26.6 Å². The van der Waals surface area contributed by atoms with Crippen LogP contribution in [0.3, 0.4) is 0 Å². The van der Waals surface area contributed by atoms with Gasteiger partial charge in [-0.2, -0.15) is 35.1 Å². The van der Waals surface area contributed by atoms with Gasteiger partial charge in [0.25, 0.3) is 0 Å². The molecule has 0 radical (unpaired) electrons. The second-order valence-electron chi connectivity index (χ2n) is 3.84. The zero-order valence-electron chi connectivity index (χ0n) is 12.2. The molecule has 0 saturated carbocycles. The molecular formula is C10H11F15O. The lowest BCUT2D eigenvalue weighted by molar-refractivity contribution is -0.324.